The lowest BCUT2D eigenvalue weighted by Crippen LogP contribution is -2.32. The van der Waals surface area contributed by atoms with Crippen LogP contribution in [0.3, 0.4) is 0 Å². The van der Waals surface area contributed by atoms with Crippen LogP contribution in [0.25, 0.3) is 0 Å². The fourth-order valence-electron chi connectivity index (χ4n) is 3.30. The molecule has 1 aliphatic heterocycles. The molecule has 0 saturated carbocycles. The molecule has 0 amide bonds. The first-order chi connectivity index (χ1) is 11.4. The lowest BCUT2D eigenvalue weighted by Gasteiger charge is -2.30. The molecule has 1 N–H and O–H groups in total. The first-order valence-electron chi connectivity index (χ1n) is 8.67. The van der Waals surface area contributed by atoms with Crippen molar-refractivity contribution >= 4 is 11.6 Å². The van der Waals surface area contributed by atoms with E-state index in [9.17, 15) is 0 Å². The molecule has 5 heteroatoms. The van der Waals surface area contributed by atoms with Gasteiger partial charge in [0.1, 0.15) is 11.6 Å². The molecule has 1 saturated heterocycles. The molecule has 0 spiro atoms. The average molecular weight is 325 g/mol. The SMILES string of the molecule is Cc1cccnc1Nc1cncc(C2CCCN2CC(C)(C)C)n1. The molecule has 0 radical (unpaired) electrons. The van der Waals surface area contributed by atoms with Crippen LogP contribution in [0.5, 0.6) is 0 Å². The van der Waals surface area contributed by atoms with Crippen molar-refractivity contribution in [2.45, 2.75) is 46.6 Å². The number of likely N-dealkylation sites (tertiary alicyclic amines) is 1. The third kappa shape index (κ3) is 4.09. The fourth-order valence-corrected chi connectivity index (χ4v) is 3.30. The summed E-state index contributed by atoms with van der Waals surface area (Å²) in [5.41, 5.74) is 2.44. The van der Waals surface area contributed by atoms with E-state index in [-0.39, 0.29) is 5.41 Å². The van der Waals surface area contributed by atoms with Gasteiger partial charge in [-0.25, -0.2) is 9.97 Å². The lowest BCUT2D eigenvalue weighted by molar-refractivity contribution is 0.175. The fraction of sp³-hybridized carbons (Fsp3) is 0.526. The zero-order chi connectivity index (χ0) is 17.2. The number of rotatable bonds is 4. The number of nitrogens with one attached hydrogen (secondary N) is 1. The zero-order valence-corrected chi connectivity index (χ0v) is 15.1. The Bertz CT molecular complexity index is 692. The Kier molecular flexibility index (Phi) is 4.81. The maximum atomic E-state index is 4.82. The molecule has 1 fully saturated rings. The highest BCUT2D eigenvalue weighted by Crippen LogP contribution is 2.33. The second-order valence-corrected chi connectivity index (χ2v) is 7.81. The summed E-state index contributed by atoms with van der Waals surface area (Å²) in [4.78, 5) is 16.1. The van der Waals surface area contributed by atoms with E-state index in [0.717, 1.165) is 42.4 Å². The molecule has 0 aliphatic carbocycles. The molecular formula is C19H27N5. The minimum atomic E-state index is 0.289. The first-order valence-corrected chi connectivity index (χ1v) is 8.67. The highest BCUT2D eigenvalue weighted by molar-refractivity contribution is 5.54. The number of hydrogen-bond donors (Lipinski definition) is 1. The Balaban J connectivity index is 1.79. The quantitative estimate of drug-likeness (QED) is 0.917. The predicted molar refractivity (Wildman–Crippen MR) is 97.3 cm³/mol. The molecule has 1 unspecified atom stereocenters. The topological polar surface area (TPSA) is 53.9 Å². The average Bonchev–Trinajstić information content (AvgIpc) is 2.96. The first kappa shape index (κ1) is 16.8. The molecule has 0 aromatic carbocycles. The molecule has 24 heavy (non-hydrogen) atoms. The Morgan fingerprint density at radius 2 is 2.12 bits per heavy atom. The van der Waals surface area contributed by atoms with Crippen molar-refractivity contribution in [1.29, 1.82) is 0 Å². The Labute approximate surface area is 144 Å². The third-order valence-corrected chi connectivity index (χ3v) is 4.29. The van der Waals surface area contributed by atoms with Crippen LogP contribution < -0.4 is 5.32 Å². The van der Waals surface area contributed by atoms with Gasteiger partial charge < -0.3 is 5.32 Å². The highest BCUT2D eigenvalue weighted by Gasteiger charge is 2.30. The molecule has 0 bridgehead atoms. The van der Waals surface area contributed by atoms with Crippen LogP contribution in [0.4, 0.5) is 11.6 Å². The number of anilines is 2. The normalized spacial score (nSPS) is 18.8. The van der Waals surface area contributed by atoms with Crippen LogP contribution >= 0.6 is 0 Å². The summed E-state index contributed by atoms with van der Waals surface area (Å²) in [6.45, 7) is 11.1. The van der Waals surface area contributed by atoms with Crippen molar-refractivity contribution in [3.63, 3.8) is 0 Å². The molecule has 128 valence electrons. The summed E-state index contributed by atoms with van der Waals surface area (Å²) in [7, 11) is 0. The van der Waals surface area contributed by atoms with E-state index in [1.807, 2.05) is 25.3 Å². The van der Waals surface area contributed by atoms with Crippen molar-refractivity contribution in [3.8, 4) is 0 Å². The number of pyridine rings is 1. The molecule has 3 rings (SSSR count). The summed E-state index contributed by atoms with van der Waals surface area (Å²) in [6, 6.07) is 4.34. The van der Waals surface area contributed by atoms with Gasteiger partial charge in [-0.2, -0.15) is 0 Å². The lowest BCUT2D eigenvalue weighted by atomic mass is 9.95. The standard InChI is InChI=1S/C19H27N5/c1-14-7-5-9-21-18(14)23-17-12-20-11-15(22-17)16-8-6-10-24(16)13-19(2,3)4/h5,7,9,11-12,16H,6,8,10,13H2,1-4H3,(H,21,22,23). The summed E-state index contributed by atoms with van der Waals surface area (Å²) >= 11 is 0. The number of aryl methyl sites for hydroxylation is 1. The van der Waals surface area contributed by atoms with Gasteiger partial charge in [-0.15, -0.1) is 0 Å². The molecule has 1 atom stereocenters. The largest absolute Gasteiger partial charge is 0.323 e. The Hall–Kier alpha value is -2.01. The Morgan fingerprint density at radius 1 is 1.29 bits per heavy atom. The van der Waals surface area contributed by atoms with Gasteiger partial charge in [-0.3, -0.25) is 9.88 Å². The van der Waals surface area contributed by atoms with Crippen molar-refractivity contribution in [2.75, 3.05) is 18.4 Å². The molecule has 1 aliphatic rings. The van der Waals surface area contributed by atoms with Gasteiger partial charge in [0.25, 0.3) is 0 Å². The van der Waals surface area contributed by atoms with Crippen LogP contribution in [-0.2, 0) is 0 Å². The number of hydrogen-bond acceptors (Lipinski definition) is 5. The van der Waals surface area contributed by atoms with E-state index < -0.39 is 0 Å². The van der Waals surface area contributed by atoms with Crippen molar-refractivity contribution in [3.05, 3.63) is 42.0 Å². The van der Waals surface area contributed by atoms with Crippen LogP contribution in [0.2, 0.25) is 0 Å². The van der Waals surface area contributed by atoms with Crippen LogP contribution in [-0.4, -0.2) is 32.9 Å². The van der Waals surface area contributed by atoms with E-state index in [0.29, 0.717) is 6.04 Å². The number of nitrogens with zero attached hydrogens (tertiary/aromatic N) is 4. The maximum absolute atomic E-state index is 4.82. The second kappa shape index (κ2) is 6.85. The summed E-state index contributed by atoms with van der Waals surface area (Å²) in [6.07, 6.45) is 7.83. The molecule has 2 aromatic heterocycles. The van der Waals surface area contributed by atoms with Gasteiger partial charge in [-0.1, -0.05) is 26.8 Å². The monoisotopic (exact) mass is 325 g/mol. The van der Waals surface area contributed by atoms with Gasteiger partial charge in [-0.05, 0) is 43.4 Å². The van der Waals surface area contributed by atoms with E-state index >= 15 is 0 Å². The van der Waals surface area contributed by atoms with E-state index in [1.165, 1.54) is 6.42 Å². The van der Waals surface area contributed by atoms with Crippen molar-refractivity contribution in [1.82, 2.24) is 19.9 Å². The number of aromatic nitrogens is 3. The smallest absolute Gasteiger partial charge is 0.150 e. The molecule has 5 nitrogen and oxygen atoms in total. The van der Waals surface area contributed by atoms with Gasteiger partial charge in [0, 0.05) is 12.7 Å². The Morgan fingerprint density at radius 3 is 2.88 bits per heavy atom. The van der Waals surface area contributed by atoms with E-state index in [4.69, 9.17) is 4.98 Å². The van der Waals surface area contributed by atoms with Gasteiger partial charge >= 0.3 is 0 Å². The molecular weight excluding hydrogens is 298 g/mol. The van der Waals surface area contributed by atoms with E-state index in [1.54, 1.807) is 12.4 Å². The maximum Gasteiger partial charge on any atom is 0.150 e. The van der Waals surface area contributed by atoms with Crippen LogP contribution in [0, 0.1) is 12.3 Å². The van der Waals surface area contributed by atoms with Crippen molar-refractivity contribution < 1.29 is 0 Å². The van der Waals surface area contributed by atoms with Gasteiger partial charge in [0.05, 0.1) is 24.1 Å². The second-order valence-electron chi connectivity index (χ2n) is 7.81. The van der Waals surface area contributed by atoms with Crippen LogP contribution in [0.15, 0.2) is 30.7 Å². The summed E-state index contributed by atoms with van der Waals surface area (Å²) < 4.78 is 0. The third-order valence-electron chi connectivity index (χ3n) is 4.29. The van der Waals surface area contributed by atoms with Crippen molar-refractivity contribution in [2.24, 2.45) is 5.41 Å². The zero-order valence-electron chi connectivity index (χ0n) is 15.1. The highest BCUT2D eigenvalue weighted by atomic mass is 15.2. The van der Waals surface area contributed by atoms with Gasteiger partial charge in [0.2, 0.25) is 0 Å². The summed E-state index contributed by atoms with van der Waals surface area (Å²) in [5, 5.41) is 3.30. The minimum absolute atomic E-state index is 0.289. The minimum Gasteiger partial charge on any atom is -0.323 e. The van der Waals surface area contributed by atoms with Crippen LogP contribution in [0.1, 0.15) is 50.9 Å². The summed E-state index contributed by atoms with van der Waals surface area (Å²) in [5.74, 6) is 1.60. The molecule has 3 heterocycles. The predicted octanol–water partition coefficient (Wildman–Crippen LogP) is 4.11. The van der Waals surface area contributed by atoms with E-state index in [2.05, 4.69) is 41.0 Å². The van der Waals surface area contributed by atoms with Gasteiger partial charge in [0.15, 0.2) is 0 Å². The molecule has 2 aromatic rings.